The normalized spacial score (nSPS) is 22.4. The highest BCUT2D eigenvalue weighted by atomic mass is 32.2. The molecule has 1 aromatic heterocycles. The van der Waals surface area contributed by atoms with Crippen molar-refractivity contribution in [3.63, 3.8) is 0 Å². The Labute approximate surface area is 120 Å². The summed E-state index contributed by atoms with van der Waals surface area (Å²) in [6.45, 7) is 4.20. The number of hydrogen-bond donors (Lipinski definition) is 1. The summed E-state index contributed by atoms with van der Waals surface area (Å²) in [5.41, 5.74) is 0. The molecule has 0 aromatic carbocycles. The number of nitrogens with zero attached hydrogens (tertiary/aromatic N) is 3. The molecule has 1 aliphatic rings. The zero-order valence-electron chi connectivity index (χ0n) is 12.2. The lowest BCUT2D eigenvalue weighted by Crippen LogP contribution is -2.33. The van der Waals surface area contributed by atoms with Gasteiger partial charge in [-0.1, -0.05) is 6.92 Å². The van der Waals surface area contributed by atoms with Crippen LogP contribution in [0.15, 0.2) is 12.4 Å². The van der Waals surface area contributed by atoms with E-state index in [2.05, 4.69) is 29.1 Å². The molecule has 6 nitrogen and oxygen atoms in total. The van der Waals surface area contributed by atoms with Gasteiger partial charge in [0, 0.05) is 25.2 Å². The lowest BCUT2D eigenvalue weighted by Gasteiger charge is -2.24. The average molecular weight is 298 g/mol. The first-order valence-corrected chi connectivity index (χ1v) is 8.75. The molecule has 1 saturated heterocycles. The predicted octanol–water partition coefficient (Wildman–Crippen LogP) is 1.31. The molecule has 1 aliphatic heterocycles. The standard InChI is InChI=1S/C13H22N4O2S/c1-4-10(2)16-12-7-13(15-9-14-12)17(3)11-5-6-20(18,19)8-11/h7,9-11H,4-6,8H2,1-3H3,(H,14,15,16). The lowest BCUT2D eigenvalue weighted by molar-refractivity contribution is 0.600. The van der Waals surface area contributed by atoms with Gasteiger partial charge in [0.1, 0.15) is 18.0 Å². The first-order chi connectivity index (χ1) is 9.41. The number of sulfone groups is 1. The maximum Gasteiger partial charge on any atom is 0.152 e. The van der Waals surface area contributed by atoms with Crippen LogP contribution in [0.2, 0.25) is 0 Å². The number of aromatic nitrogens is 2. The predicted molar refractivity (Wildman–Crippen MR) is 80.9 cm³/mol. The van der Waals surface area contributed by atoms with Crippen LogP contribution in [0.3, 0.4) is 0 Å². The summed E-state index contributed by atoms with van der Waals surface area (Å²) in [5.74, 6) is 2.01. The second-order valence-corrected chi connectivity index (χ2v) is 7.61. The molecule has 0 saturated carbocycles. The van der Waals surface area contributed by atoms with E-state index in [1.807, 2.05) is 18.0 Å². The van der Waals surface area contributed by atoms with Crippen LogP contribution < -0.4 is 10.2 Å². The quantitative estimate of drug-likeness (QED) is 0.883. The molecule has 1 aromatic rings. The Morgan fingerprint density at radius 3 is 2.85 bits per heavy atom. The van der Waals surface area contributed by atoms with Crippen molar-refractivity contribution in [2.24, 2.45) is 0 Å². The van der Waals surface area contributed by atoms with E-state index in [1.165, 1.54) is 6.33 Å². The minimum atomic E-state index is -2.88. The van der Waals surface area contributed by atoms with Gasteiger partial charge in [-0.15, -0.1) is 0 Å². The first kappa shape index (κ1) is 15.0. The van der Waals surface area contributed by atoms with E-state index in [1.54, 1.807) is 0 Å². The molecule has 0 aliphatic carbocycles. The zero-order valence-corrected chi connectivity index (χ0v) is 13.0. The number of anilines is 2. The maximum atomic E-state index is 11.6. The van der Waals surface area contributed by atoms with E-state index in [4.69, 9.17) is 0 Å². The van der Waals surface area contributed by atoms with Crippen molar-refractivity contribution in [3.8, 4) is 0 Å². The van der Waals surface area contributed by atoms with Gasteiger partial charge >= 0.3 is 0 Å². The van der Waals surface area contributed by atoms with Crippen LogP contribution in [-0.4, -0.2) is 49.0 Å². The van der Waals surface area contributed by atoms with Crippen molar-refractivity contribution in [1.82, 2.24) is 9.97 Å². The summed E-state index contributed by atoms with van der Waals surface area (Å²) in [6, 6.07) is 2.22. The van der Waals surface area contributed by atoms with Gasteiger partial charge in [-0.2, -0.15) is 0 Å². The summed E-state index contributed by atoms with van der Waals surface area (Å²) >= 11 is 0. The molecule has 0 spiro atoms. The third kappa shape index (κ3) is 3.59. The molecule has 0 amide bonds. The Kier molecular flexibility index (Phi) is 4.47. The van der Waals surface area contributed by atoms with Crippen molar-refractivity contribution < 1.29 is 8.42 Å². The van der Waals surface area contributed by atoms with Gasteiger partial charge < -0.3 is 10.2 Å². The van der Waals surface area contributed by atoms with Crippen molar-refractivity contribution in [2.45, 2.75) is 38.8 Å². The Morgan fingerprint density at radius 1 is 1.50 bits per heavy atom. The highest BCUT2D eigenvalue weighted by Gasteiger charge is 2.31. The Balaban J connectivity index is 2.10. The largest absolute Gasteiger partial charge is 0.367 e. The molecule has 1 N–H and O–H groups in total. The maximum absolute atomic E-state index is 11.6. The van der Waals surface area contributed by atoms with Gasteiger partial charge in [-0.3, -0.25) is 0 Å². The summed E-state index contributed by atoms with van der Waals surface area (Å²) in [7, 11) is -0.993. The summed E-state index contributed by atoms with van der Waals surface area (Å²) in [4.78, 5) is 10.4. The van der Waals surface area contributed by atoms with Gasteiger partial charge in [-0.05, 0) is 19.8 Å². The van der Waals surface area contributed by atoms with Gasteiger partial charge in [0.25, 0.3) is 0 Å². The van der Waals surface area contributed by atoms with Gasteiger partial charge in [0.05, 0.1) is 11.5 Å². The highest BCUT2D eigenvalue weighted by Crippen LogP contribution is 2.22. The van der Waals surface area contributed by atoms with Crippen LogP contribution in [0.5, 0.6) is 0 Å². The minimum Gasteiger partial charge on any atom is -0.367 e. The van der Waals surface area contributed by atoms with Crippen LogP contribution in [0.4, 0.5) is 11.6 Å². The minimum absolute atomic E-state index is 0.00588. The molecular weight excluding hydrogens is 276 g/mol. The fraction of sp³-hybridized carbons (Fsp3) is 0.692. The molecular formula is C13H22N4O2S. The van der Waals surface area contributed by atoms with E-state index in [9.17, 15) is 8.42 Å². The Hall–Kier alpha value is -1.37. The smallest absolute Gasteiger partial charge is 0.152 e. The molecule has 0 bridgehead atoms. The van der Waals surface area contributed by atoms with Crippen LogP contribution in [0, 0.1) is 0 Å². The molecule has 0 radical (unpaired) electrons. The third-order valence-corrected chi connectivity index (χ3v) is 5.53. The van der Waals surface area contributed by atoms with Crippen molar-refractivity contribution in [3.05, 3.63) is 12.4 Å². The van der Waals surface area contributed by atoms with Crippen molar-refractivity contribution >= 4 is 21.5 Å². The van der Waals surface area contributed by atoms with Crippen LogP contribution in [-0.2, 0) is 9.84 Å². The van der Waals surface area contributed by atoms with E-state index >= 15 is 0 Å². The van der Waals surface area contributed by atoms with Gasteiger partial charge in [0.15, 0.2) is 9.84 Å². The van der Waals surface area contributed by atoms with E-state index < -0.39 is 9.84 Å². The molecule has 2 unspecified atom stereocenters. The Morgan fingerprint density at radius 2 is 2.25 bits per heavy atom. The molecule has 2 rings (SSSR count). The molecule has 2 atom stereocenters. The average Bonchev–Trinajstić information content (AvgIpc) is 2.78. The molecule has 1 fully saturated rings. The highest BCUT2D eigenvalue weighted by molar-refractivity contribution is 7.91. The fourth-order valence-electron chi connectivity index (χ4n) is 2.24. The first-order valence-electron chi connectivity index (χ1n) is 6.93. The molecule has 112 valence electrons. The van der Waals surface area contributed by atoms with E-state index in [0.29, 0.717) is 12.5 Å². The van der Waals surface area contributed by atoms with Gasteiger partial charge in [0.2, 0.25) is 0 Å². The van der Waals surface area contributed by atoms with Crippen LogP contribution >= 0.6 is 0 Å². The van der Waals surface area contributed by atoms with Crippen molar-refractivity contribution in [2.75, 3.05) is 28.8 Å². The van der Waals surface area contributed by atoms with Crippen LogP contribution in [0.1, 0.15) is 26.7 Å². The molecule has 2 heterocycles. The van der Waals surface area contributed by atoms with Crippen molar-refractivity contribution in [1.29, 1.82) is 0 Å². The third-order valence-electron chi connectivity index (χ3n) is 3.78. The second-order valence-electron chi connectivity index (χ2n) is 5.38. The summed E-state index contributed by atoms with van der Waals surface area (Å²) in [6.07, 6.45) is 3.19. The fourth-order valence-corrected chi connectivity index (χ4v) is 4.02. The molecule has 7 heteroatoms. The topological polar surface area (TPSA) is 75.2 Å². The SMILES string of the molecule is CCC(C)Nc1cc(N(C)C2CCS(=O)(=O)C2)ncn1. The van der Waals surface area contributed by atoms with E-state index in [0.717, 1.165) is 18.1 Å². The number of nitrogens with one attached hydrogen (secondary N) is 1. The number of rotatable bonds is 5. The summed E-state index contributed by atoms with van der Waals surface area (Å²) in [5, 5.41) is 3.30. The second kappa shape index (κ2) is 5.95. The number of hydrogen-bond acceptors (Lipinski definition) is 6. The zero-order chi connectivity index (χ0) is 14.8. The van der Waals surface area contributed by atoms with E-state index in [-0.39, 0.29) is 17.5 Å². The van der Waals surface area contributed by atoms with Gasteiger partial charge in [-0.25, -0.2) is 18.4 Å². The van der Waals surface area contributed by atoms with Crippen LogP contribution in [0.25, 0.3) is 0 Å². The molecule has 20 heavy (non-hydrogen) atoms. The Bertz CT molecular complexity index is 561. The lowest BCUT2D eigenvalue weighted by atomic mass is 10.2. The summed E-state index contributed by atoms with van der Waals surface area (Å²) < 4.78 is 23.1. The monoisotopic (exact) mass is 298 g/mol.